The lowest BCUT2D eigenvalue weighted by Crippen LogP contribution is -2.05. The van der Waals surface area contributed by atoms with Crippen molar-refractivity contribution in [3.63, 3.8) is 0 Å². The zero-order valence-corrected chi connectivity index (χ0v) is 16.3. The van der Waals surface area contributed by atoms with Crippen molar-refractivity contribution in [2.75, 3.05) is 0 Å². The first kappa shape index (κ1) is 18.3. The first-order valence-electron chi connectivity index (χ1n) is 8.94. The lowest BCUT2D eigenvalue weighted by molar-refractivity contribution is 0.242. The lowest BCUT2D eigenvalue weighted by Gasteiger charge is -2.11. The molecule has 0 amide bonds. The number of aromatic nitrogens is 4. The second-order valence-corrected chi connectivity index (χ2v) is 7.07. The number of benzene rings is 2. The minimum Gasteiger partial charge on any atom is -0.489 e. The van der Waals surface area contributed by atoms with Crippen LogP contribution in [0.4, 0.5) is 0 Å². The number of hydrogen-bond donors (Lipinski definition) is 0. The van der Waals surface area contributed by atoms with Gasteiger partial charge < -0.3 is 13.8 Å². The van der Waals surface area contributed by atoms with E-state index in [-0.39, 0.29) is 6.10 Å². The van der Waals surface area contributed by atoms with E-state index in [1.165, 1.54) is 0 Å². The predicted octanol–water partition coefficient (Wildman–Crippen LogP) is 5.09. The topological polar surface area (TPSA) is 66.0 Å². The fourth-order valence-electron chi connectivity index (χ4n) is 2.79. The van der Waals surface area contributed by atoms with E-state index in [1.807, 2.05) is 61.0 Å². The molecule has 0 aliphatic carbocycles. The monoisotopic (exact) mass is 394 g/mol. The van der Waals surface area contributed by atoms with Crippen LogP contribution in [0.3, 0.4) is 0 Å². The van der Waals surface area contributed by atoms with Crippen LogP contribution < -0.4 is 4.74 Å². The van der Waals surface area contributed by atoms with Crippen LogP contribution in [-0.2, 0) is 6.54 Å². The minimum absolute atomic E-state index is 0.0510. The van der Waals surface area contributed by atoms with Crippen LogP contribution >= 0.6 is 11.6 Å². The van der Waals surface area contributed by atoms with Gasteiger partial charge >= 0.3 is 0 Å². The van der Waals surface area contributed by atoms with Crippen LogP contribution in [0.15, 0.2) is 65.7 Å². The minimum atomic E-state index is 0.0510. The van der Waals surface area contributed by atoms with E-state index in [0.29, 0.717) is 22.5 Å². The lowest BCUT2D eigenvalue weighted by atomic mass is 10.1. The van der Waals surface area contributed by atoms with Crippen LogP contribution in [-0.4, -0.2) is 25.8 Å². The van der Waals surface area contributed by atoms with Gasteiger partial charge in [0.25, 0.3) is 5.89 Å². The summed E-state index contributed by atoms with van der Waals surface area (Å²) >= 11 is 6.30. The van der Waals surface area contributed by atoms with Gasteiger partial charge in [-0.25, -0.2) is 4.98 Å². The third-order valence-electron chi connectivity index (χ3n) is 4.10. The highest BCUT2D eigenvalue weighted by Crippen LogP contribution is 2.31. The van der Waals surface area contributed by atoms with E-state index in [0.717, 1.165) is 23.2 Å². The van der Waals surface area contributed by atoms with E-state index < -0.39 is 0 Å². The highest BCUT2D eigenvalue weighted by Gasteiger charge is 2.13. The average molecular weight is 395 g/mol. The molecular weight excluding hydrogens is 376 g/mol. The van der Waals surface area contributed by atoms with E-state index in [2.05, 4.69) is 15.1 Å². The van der Waals surface area contributed by atoms with Crippen molar-refractivity contribution >= 4 is 11.6 Å². The van der Waals surface area contributed by atoms with Crippen molar-refractivity contribution in [1.29, 1.82) is 0 Å². The predicted molar refractivity (Wildman–Crippen MR) is 107 cm³/mol. The highest BCUT2D eigenvalue weighted by atomic mass is 35.5. The Hall–Kier alpha value is -3.12. The van der Waals surface area contributed by atoms with Gasteiger partial charge in [0.15, 0.2) is 0 Å². The van der Waals surface area contributed by atoms with Gasteiger partial charge in [0.05, 0.1) is 17.5 Å². The molecule has 142 valence electrons. The van der Waals surface area contributed by atoms with Gasteiger partial charge in [-0.3, -0.25) is 0 Å². The Bertz CT molecular complexity index is 1060. The summed E-state index contributed by atoms with van der Waals surface area (Å²) in [7, 11) is 0. The molecule has 6 nitrogen and oxygen atoms in total. The maximum Gasteiger partial charge on any atom is 0.258 e. The number of halogens is 1. The van der Waals surface area contributed by atoms with E-state index >= 15 is 0 Å². The molecule has 7 heteroatoms. The molecule has 0 saturated carbocycles. The highest BCUT2D eigenvalue weighted by molar-refractivity contribution is 6.32. The van der Waals surface area contributed by atoms with Gasteiger partial charge in [-0.1, -0.05) is 41.0 Å². The average Bonchev–Trinajstić information content (AvgIpc) is 3.36. The SMILES string of the molecule is CC(C)Oc1ccc(-c2nc(-c3ccc(Cn4ccnc4)cc3)no2)cc1Cl. The number of ether oxygens (including phenoxy) is 1. The van der Waals surface area contributed by atoms with Crippen molar-refractivity contribution in [3.8, 4) is 28.6 Å². The summed E-state index contributed by atoms with van der Waals surface area (Å²) in [6.07, 6.45) is 5.54. The van der Waals surface area contributed by atoms with Crippen molar-refractivity contribution in [2.24, 2.45) is 0 Å². The Morgan fingerprint density at radius 1 is 1.11 bits per heavy atom. The third kappa shape index (κ3) is 4.07. The second kappa shape index (κ2) is 7.86. The molecule has 28 heavy (non-hydrogen) atoms. The maximum atomic E-state index is 6.30. The van der Waals surface area contributed by atoms with Crippen LogP contribution in [0.25, 0.3) is 22.8 Å². The molecule has 0 fully saturated rings. The van der Waals surface area contributed by atoms with E-state index in [4.69, 9.17) is 20.9 Å². The molecule has 0 atom stereocenters. The molecule has 4 rings (SSSR count). The molecule has 0 saturated heterocycles. The molecule has 0 spiro atoms. The van der Waals surface area contributed by atoms with Gasteiger partial charge in [-0.2, -0.15) is 4.98 Å². The molecule has 0 N–H and O–H groups in total. The van der Waals surface area contributed by atoms with Crippen molar-refractivity contribution in [3.05, 3.63) is 71.8 Å². The Balaban J connectivity index is 1.52. The molecule has 0 unspecified atom stereocenters. The van der Waals surface area contributed by atoms with E-state index in [9.17, 15) is 0 Å². The van der Waals surface area contributed by atoms with Crippen LogP contribution in [0.1, 0.15) is 19.4 Å². The van der Waals surface area contributed by atoms with Crippen LogP contribution in [0.2, 0.25) is 5.02 Å². The number of hydrogen-bond acceptors (Lipinski definition) is 5. The summed E-state index contributed by atoms with van der Waals surface area (Å²) in [5, 5.41) is 4.60. The Kier molecular flexibility index (Phi) is 5.12. The zero-order valence-electron chi connectivity index (χ0n) is 15.5. The molecule has 4 aromatic rings. The molecule has 2 aromatic heterocycles. The van der Waals surface area contributed by atoms with Crippen LogP contribution in [0.5, 0.6) is 5.75 Å². The normalized spacial score (nSPS) is 11.1. The largest absolute Gasteiger partial charge is 0.489 e. The van der Waals surface area contributed by atoms with E-state index in [1.54, 1.807) is 18.6 Å². The van der Waals surface area contributed by atoms with Crippen molar-refractivity contribution in [1.82, 2.24) is 19.7 Å². The summed E-state index contributed by atoms with van der Waals surface area (Å²) < 4.78 is 13.1. The number of nitrogens with zero attached hydrogens (tertiary/aromatic N) is 4. The quantitative estimate of drug-likeness (QED) is 0.455. The molecule has 0 radical (unpaired) electrons. The summed E-state index contributed by atoms with van der Waals surface area (Å²) in [6, 6.07) is 13.5. The first-order valence-corrected chi connectivity index (χ1v) is 9.31. The van der Waals surface area contributed by atoms with Gasteiger partial charge in [0, 0.05) is 30.1 Å². The Morgan fingerprint density at radius 2 is 1.89 bits per heavy atom. The van der Waals surface area contributed by atoms with Gasteiger partial charge in [0.1, 0.15) is 5.75 Å². The smallest absolute Gasteiger partial charge is 0.258 e. The summed E-state index contributed by atoms with van der Waals surface area (Å²) in [6.45, 7) is 4.67. The standard InChI is InChI=1S/C21H19ClN4O2/c1-14(2)27-19-8-7-17(11-18(19)22)21-24-20(25-28-21)16-5-3-15(4-6-16)12-26-10-9-23-13-26/h3-11,13-14H,12H2,1-2H3. The van der Waals surface area contributed by atoms with Gasteiger partial charge in [-0.15, -0.1) is 0 Å². The van der Waals surface area contributed by atoms with Crippen molar-refractivity contribution < 1.29 is 9.26 Å². The Labute approximate surface area is 167 Å². The van der Waals surface area contributed by atoms with Gasteiger partial charge in [0.2, 0.25) is 5.82 Å². The number of imidazole rings is 1. The molecule has 2 aromatic carbocycles. The molecule has 0 bridgehead atoms. The summed E-state index contributed by atoms with van der Waals surface area (Å²) in [4.78, 5) is 8.55. The van der Waals surface area contributed by atoms with Crippen LogP contribution in [0, 0.1) is 0 Å². The fraction of sp³-hybridized carbons (Fsp3) is 0.190. The maximum absolute atomic E-state index is 6.30. The number of rotatable bonds is 6. The molecule has 0 aliphatic rings. The zero-order chi connectivity index (χ0) is 19.5. The molecular formula is C21H19ClN4O2. The molecule has 0 aliphatic heterocycles. The third-order valence-corrected chi connectivity index (χ3v) is 4.40. The second-order valence-electron chi connectivity index (χ2n) is 6.67. The Morgan fingerprint density at radius 3 is 2.57 bits per heavy atom. The summed E-state index contributed by atoms with van der Waals surface area (Å²) in [5.41, 5.74) is 2.80. The van der Waals surface area contributed by atoms with Gasteiger partial charge in [-0.05, 0) is 37.6 Å². The molecule has 2 heterocycles. The first-order chi connectivity index (χ1) is 13.6. The van der Waals surface area contributed by atoms with Crippen molar-refractivity contribution in [2.45, 2.75) is 26.5 Å². The summed E-state index contributed by atoms with van der Waals surface area (Å²) in [5.74, 6) is 1.58. The fourth-order valence-corrected chi connectivity index (χ4v) is 3.02.